The van der Waals surface area contributed by atoms with Crippen molar-refractivity contribution in [1.82, 2.24) is 19.1 Å². The molecule has 0 unspecified atom stereocenters. The largest absolute Gasteiger partial charge is 0.493 e. The summed E-state index contributed by atoms with van der Waals surface area (Å²) in [5.41, 5.74) is 5.65. The second-order valence-electron chi connectivity index (χ2n) is 7.76. The summed E-state index contributed by atoms with van der Waals surface area (Å²) in [6, 6.07) is 15.5. The van der Waals surface area contributed by atoms with Crippen molar-refractivity contribution in [2.24, 2.45) is 12.0 Å². The molecule has 9 heteroatoms. The summed E-state index contributed by atoms with van der Waals surface area (Å²) in [5, 5.41) is 10.3. The van der Waals surface area contributed by atoms with Gasteiger partial charge in [0, 0.05) is 18.5 Å². The molecule has 0 saturated heterocycles. The van der Waals surface area contributed by atoms with E-state index in [1.165, 1.54) is 0 Å². The first-order valence-corrected chi connectivity index (χ1v) is 10.8. The standard InChI is InChI=1S/C26H22N6O3/c1-31-21-14-28-20-8-5-16(17-6-9-22(33-2)23(12-17)34-3)11-19(20)25(21)32(26(31)30-15-27)18-7-10-24(35-4)29-13-18/h5-14H,1-4H3. The van der Waals surface area contributed by atoms with Crippen molar-refractivity contribution >= 4 is 21.9 Å². The van der Waals surface area contributed by atoms with Crippen molar-refractivity contribution in [3.05, 3.63) is 66.5 Å². The van der Waals surface area contributed by atoms with Gasteiger partial charge in [0.1, 0.15) is 0 Å². The van der Waals surface area contributed by atoms with Crippen LogP contribution in [0.15, 0.2) is 65.9 Å². The molecule has 0 aliphatic heterocycles. The summed E-state index contributed by atoms with van der Waals surface area (Å²) in [4.78, 5) is 13.1. The van der Waals surface area contributed by atoms with Crippen molar-refractivity contribution in [2.75, 3.05) is 21.3 Å². The lowest BCUT2D eigenvalue weighted by Crippen LogP contribution is -2.22. The molecule has 0 fully saturated rings. The van der Waals surface area contributed by atoms with Crippen LogP contribution in [-0.4, -0.2) is 40.4 Å². The van der Waals surface area contributed by atoms with E-state index in [0.29, 0.717) is 23.0 Å². The van der Waals surface area contributed by atoms with E-state index >= 15 is 0 Å². The van der Waals surface area contributed by atoms with Gasteiger partial charge in [0.05, 0.1) is 56.0 Å². The van der Waals surface area contributed by atoms with Crippen molar-refractivity contribution in [2.45, 2.75) is 0 Å². The highest BCUT2D eigenvalue weighted by Crippen LogP contribution is 2.34. The van der Waals surface area contributed by atoms with Crippen molar-refractivity contribution in [3.63, 3.8) is 0 Å². The summed E-state index contributed by atoms with van der Waals surface area (Å²) in [5.74, 6) is 1.81. The van der Waals surface area contributed by atoms with Gasteiger partial charge >= 0.3 is 0 Å². The fourth-order valence-electron chi connectivity index (χ4n) is 4.24. The molecule has 0 atom stereocenters. The number of imidazole rings is 1. The second kappa shape index (κ2) is 8.83. The minimum Gasteiger partial charge on any atom is -0.493 e. The number of rotatable bonds is 5. The number of nitrogens with zero attached hydrogens (tertiary/aromatic N) is 6. The van der Waals surface area contributed by atoms with Crippen LogP contribution in [0.3, 0.4) is 0 Å². The average Bonchev–Trinajstić information content (AvgIpc) is 3.19. The van der Waals surface area contributed by atoms with Gasteiger partial charge in [-0.25, -0.2) is 4.98 Å². The Morgan fingerprint density at radius 3 is 2.31 bits per heavy atom. The van der Waals surface area contributed by atoms with Crippen molar-refractivity contribution in [1.29, 1.82) is 5.26 Å². The number of fused-ring (bicyclic) bond motifs is 3. The molecular weight excluding hydrogens is 444 g/mol. The lowest BCUT2D eigenvalue weighted by molar-refractivity contribution is 0.355. The molecule has 3 heterocycles. The SMILES string of the molecule is COc1ccc(-n2c(=NC#N)n(C)c3cnc4ccc(-c5ccc(OC)c(OC)c5)cc4c32)cn1. The molecule has 0 amide bonds. The average molecular weight is 467 g/mol. The molecule has 0 aliphatic rings. The zero-order chi connectivity index (χ0) is 24.5. The normalized spacial score (nSPS) is 11.6. The molecule has 0 aliphatic carbocycles. The van der Waals surface area contributed by atoms with Crippen molar-refractivity contribution < 1.29 is 14.2 Å². The summed E-state index contributed by atoms with van der Waals surface area (Å²) >= 11 is 0. The van der Waals surface area contributed by atoms with E-state index in [1.54, 1.807) is 39.8 Å². The first-order chi connectivity index (χ1) is 17.1. The summed E-state index contributed by atoms with van der Waals surface area (Å²) in [6.07, 6.45) is 5.40. The molecule has 35 heavy (non-hydrogen) atoms. The zero-order valence-corrected chi connectivity index (χ0v) is 19.7. The monoisotopic (exact) mass is 466 g/mol. The number of hydrogen-bond donors (Lipinski definition) is 0. The minimum atomic E-state index is 0.459. The second-order valence-corrected chi connectivity index (χ2v) is 7.76. The van der Waals surface area contributed by atoms with E-state index in [1.807, 2.05) is 58.8 Å². The van der Waals surface area contributed by atoms with Gasteiger partial charge in [-0.1, -0.05) is 12.1 Å². The maximum absolute atomic E-state index is 9.40. The van der Waals surface area contributed by atoms with E-state index in [2.05, 4.69) is 21.0 Å². The number of ether oxygens (including phenoxy) is 3. The third-order valence-corrected chi connectivity index (χ3v) is 5.96. The van der Waals surface area contributed by atoms with E-state index < -0.39 is 0 Å². The summed E-state index contributed by atoms with van der Waals surface area (Å²) < 4.78 is 19.8. The van der Waals surface area contributed by atoms with Gasteiger partial charge in [0.15, 0.2) is 11.5 Å². The van der Waals surface area contributed by atoms with Crippen LogP contribution in [-0.2, 0) is 7.05 Å². The van der Waals surface area contributed by atoms with Gasteiger partial charge in [0.2, 0.25) is 17.7 Å². The maximum atomic E-state index is 9.40. The van der Waals surface area contributed by atoms with E-state index in [9.17, 15) is 5.26 Å². The number of hydrogen-bond acceptors (Lipinski definition) is 7. The Morgan fingerprint density at radius 2 is 1.63 bits per heavy atom. The third kappa shape index (κ3) is 3.61. The number of nitriles is 1. The Hall–Kier alpha value is -4.84. The van der Waals surface area contributed by atoms with Gasteiger partial charge in [-0.15, -0.1) is 4.99 Å². The fourth-order valence-corrected chi connectivity index (χ4v) is 4.24. The predicted molar refractivity (Wildman–Crippen MR) is 132 cm³/mol. The molecule has 0 radical (unpaired) electrons. The number of aryl methyl sites for hydroxylation is 1. The molecule has 0 bridgehead atoms. The topological polar surface area (TPSA) is 99.5 Å². The molecule has 5 aromatic rings. The minimum absolute atomic E-state index is 0.459. The quantitative estimate of drug-likeness (QED) is 0.363. The van der Waals surface area contributed by atoms with Gasteiger partial charge in [0.25, 0.3) is 0 Å². The predicted octanol–water partition coefficient (Wildman–Crippen LogP) is 3.99. The van der Waals surface area contributed by atoms with E-state index in [-0.39, 0.29) is 0 Å². The van der Waals surface area contributed by atoms with Crippen LogP contribution < -0.4 is 19.8 Å². The summed E-state index contributed by atoms with van der Waals surface area (Å²) in [6.45, 7) is 0. The Kier molecular flexibility index (Phi) is 5.55. The smallest absolute Gasteiger partial charge is 0.226 e. The van der Waals surface area contributed by atoms with Crippen LogP contribution in [0.2, 0.25) is 0 Å². The first kappa shape index (κ1) is 22.0. The van der Waals surface area contributed by atoms with Crippen LogP contribution in [0.25, 0.3) is 38.8 Å². The van der Waals surface area contributed by atoms with E-state index in [0.717, 1.165) is 38.8 Å². The molecule has 0 saturated carbocycles. The third-order valence-electron chi connectivity index (χ3n) is 5.96. The van der Waals surface area contributed by atoms with Gasteiger partial charge in [-0.05, 0) is 41.5 Å². The van der Waals surface area contributed by atoms with E-state index in [4.69, 9.17) is 14.2 Å². The lowest BCUT2D eigenvalue weighted by atomic mass is 10.0. The molecule has 174 valence electrons. The molecule has 0 spiro atoms. The molecule has 3 aromatic heterocycles. The highest BCUT2D eigenvalue weighted by atomic mass is 16.5. The Balaban J connectivity index is 1.84. The highest BCUT2D eigenvalue weighted by molar-refractivity contribution is 6.04. The summed E-state index contributed by atoms with van der Waals surface area (Å²) in [7, 11) is 6.66. The number of aromatic nitrogens is 4. The first-order valence-electron chi connectivity index (χ1n) is 10.8. The molecular formula is C26H22N6O3. The van der Waals surface area contributed by atoms with Crippen LogP contribution in [0, 0.1) is 11.5 Å². The molecule has 5 rings (SSSR count). The maximum Gasteiger partial charge on any atom is 0.226 e. The fraction of sp³-hybridized carbons (Fsp3) is 0.154. The zero-order valence-electron chi connectivity index (χ0n) is 19.7. The molecule has 9 nitrogen and oxygen atoms in total. The van der Waals surface area contributed by atoms with Gasteiger partial charge in [-0.2, -0.15) is 5.26 Å². The van der Waals surface area contributed by atoms with Crippen LogP contribution in [0.1, 0.15) is 0 Å². The Bertz CT molecular complexity index is 1680. The molecule has 2 aromatic carbocycles. The van der Waals surface area contributed by atoms with Gasteiger partial charge in [-0.3, -0.25) is 9.55 Å². The number of methoxy groups -OCH3 is 3. The van der Waals surface area contributed by atoms with Crippen molar-refractivity contribution in [3.8, 4) is 40.4 Å². The van der Waals surface area contributed by atoms with Gasteiger partial charge < -0.3 is 18.8 Å². The number of pyridine rings is 2. The Morgan fingerprint density at radius 1 is 0.857 bits per heavy atom. The Labute approximate surface area is 201 Å². The highest BCUT2D eigenvalue weighted by Gasteiger charge is 2.17. The number of benzene rings is 2. The molecule has 0 N–H and O–H groups in total. The lowest BCUT2D eigenvalue weighted by Gasteiger charge is -2.11. The van der Waals surface area contributed by atoms with Crippen LogP contribution in [0.5, 0.6) is 17.4 Å². The van der Waals surface area contributed by atoms with Crippen LogP contribution in [0.4, 0.5) is 0 Å². The van der Waals surface area contributed by atoms with Crippen LogP contribution >= 0.6 is 0 Å².